The number of rotatable bonds is 3. The van der Waals surface area contributed by atoms with Gasteiger partial charge in [0.1, 0.15) is 6.07 Å². The molecular weight excluding hydrogens is 575 g/mol. The summed E-state index contributed by atoms with van der Waals surface area (Å²) in [6.07, 6.45) is 0. The van der Waals surface area contributed by atoms with Gasteiger partial charge in [-0.05, 0) is 89.0 Å². The Morgan fingerprint density at radius 2 is 0.886 bits per heavy atom. The van der Waals surface area contributed by atoms with Crippen molar-refractivity contribution >= 4 is 63.0 Å². The van der Waals surface area contributed by atoms with Crippen LogP contribution < -0.4 is 0 Å². The van der Waals surface area contributed by atoms with Crippen LogP contribution in [-0.2, 0) is 0 Å². The summed E-state index contributed by atoms with van der Waals surface area (Å²) in [6.45, 7) is 0. The summed E-state index contributed by atoms with van der Waals surface area (Å²) in [4.78, 5) is 0. The number of fused-ring (bicyclic) bond motifs is 6. The molecule has 8 rings (SSSR count). The van der Waals surface area contributed by atoms with Crippen molar-refractivity contribution in [1.82, 2.24) is 0 Å². The van der Waals surface area contributed by atoms with Gasteiger partial charge in [0.05, 0.1) is 28.8 Å². The molecule has 0 spiro atoms. The van der Waals surface area contributed by atoms with Crippen LogP contribution in [0.15, 0.2) is 115 Å². The largest absolute Gasteiger partial charge is 0.192 e. The van der Waals surface area contributed by atoms with E-state index in [4.69, 9.17) is 0 Å². The van der Waals surface area contributed by atoms with E-state index in [0.29, 0.717) is 27.8 Å². The molecule has 0 atom stereocenters. The predicted molar refractivity (Wildman–Crippen MR) is 183 cm³/mol. The lowest BCUT2D eigenvalue weighted by Crippen LogP contribution is -1.94. The molecule has 0 aliphatic carbocycles. The lowest BCUT2D eigenvalue weighted by molar-refractivity contribution is 1.43. The maximum atomic E-state index is 10.6. The van der Waals surface area contributed by atoms with Crippen molar-refractivity contribution in [3.63, 3.8) is 0 Å². The Morgan fingerprint density at radius 1 is 0.386 bits per heavy atom. The molecule has 0 saturated carbocycles. The lowest BCUT2D eigenvalue weighted by atomic mass is 9.87. The summed E-state index contributed by atoms with van der Waals surface area (Å²) in [7, 11) is 0. The van der Waals surface area contributed by atoms with Gasteiger partial charge >= 0.3 is 0 Å². The minimum atomic E-state index is 0.382. The second-order valence-electron chi connectivity index (χ2n) is 10.7. The van der Waals surface area contributed by atoms with Crippen LogP contribution in [0.1, 0.15) is 16.7 Å². The van der Waals surface area contributed by atoms with Crippen LogP contribution in [0.2, 0.25) is 0 Å². The van der Waals surface area contributed by atoms with Crippen LogP contribution in [0.25, 0.3) is 73.7 Å². The van der Waals surface area contributed by atoms with E-state index < -0.39 is 0 Å². The number of nitriles is 3. The van der Waals surface area contributed by atoms with E-state index in [9.17, 15) is 15.8 Å². The summed E-state index contributed by atoms with van der Waals surface area (Å²) < 4.78 is 4.89. The fourth-order valence-corrected chi connectivity index (χ4v) is 8.27. The van der Waals surface area contributed by atoms with Gasteiger partial charge in [-0.25, -0.2) is 0 Å². The highest BCUT2D eigenvalue weighted by atomic mass is 32.1. The molecule has 5 heteroatoms. The van der Waals surface area contributed by atoms with E-state index in [1.807, 2.05) is 6.07 Å². The number of hydrogen-bond donors (Lipinski definition) is 0. The van der Waals surface area contributed by atoms with E-state index in [0.717, 1.165) is 27.6 Å². The Labute approximate surface area is 261 Å². The van der Waals surface area contributed by atoms with Crippen LogP contribution in [-0.4, -0.2) is 0 Å². The minimum Gasteiger partial charge on any atom is -0.192 e. The van der Waals surface area contributed by atoms with Crippen molar-refractivity contribution < 1.29 is 0 Å². The molecule has 8 aromatic rings. The average Bonchev–Trinajstić information content (AvgIpc) is 3.65. The first kappa shape index (κ1) is 25.9. The Kier molecular flexibility index (Phi) is 6.00. The van der Waals surface area contributed by atoms with Gasteiger partial charge in [0.25, 0.3) is 0 Å². The molecular formula is C39H19N3S2. The molecule has 0 N–H and O–H groups in total. The van der Waals surface area contributed by atoms with E-state index in [1.54, 1.807) is 40.9 Å². The number of thiophene rings is 2. The molecule has 0 aliphatic heterocycles. The second-order valence-corrected chi connectivity index (χ2v) is 12.9. The Balaban J connectivity index is 1.43. The van der Waals surface area contributed by atoms with Crippen molar-refractivity contribution in [2.45, 2.75) is 0 Å². The summed E-state index contributed by atoms with van der Waals surface area (Å²) in [5.74, 6) is 0. The summed E-state index contributed by atoms with van der Waals surface area (Å²) in [5, 5.41) is 34.9. The topological polar surface area (TPSA) is 71.4 Å². The van der Waals surface area contributed by atoms with E-state index in [-0.39, 0.29) is 0 Å². The van der Waals surface area contributed by atoms with Crippen LogP contribution in [0.4, 0.5) is 0 Å². The molecule has 0 radical (unpaired) electrons. The molecule has 6 aromatic carbocycles. The molecule has 0 fully saturated rings. The van der Waals surface area contributed by atoms with Gasteiger partial charge in [-0.1, -0.05) is 48.5 Å². The highest BCUT2D eigenvalue weighted by molar-refractivity contribution is 7.26. The predicted octanol–water partition coefficient (Wildman–Crippen LogP) is 11.0. The Bertz CT molecular complexity index is 2570. The van der Waals surface area contributed by atoms with Crippen LogP contribution in [0.5, 0.6) is 0 Å². The highest BCUT2D eigenvalue weighted by Crippen LogP contribution is 2.42. The van der Waals surface area contributed by atoms with Gasteiger partial charge in [0, 0.05) is 51.5 Å². The minimum absolute atomic E-state index is 0.382. The van der Waals surface area contributed by atoms with Gasteiger partial charge in [-0.2, -0.15) is 15.8 Å². The number of hydrogen-bond acceptors (Lipinski definition) is 5. The first-order valence-electron chi connectivity index (χ1n) is 14.0. The van der Waals surface area contributed by atoms with E-state index >= 15 is 0 Å². The maximum absolute atomic E-state index is 10.6. The quantitative estimate of drug-likeness (QED) is 0.205. The molecule has 44 heavy (non-hydrogen) atoms. The van der Waals surface area contributed by atoms with Crippen molar-refractivity contribution in [2.75, 3.05) is 0 Å². The normalized spacial score (nSPS) is 11.1. The fraction of sp³-hybridized carbons (Fsp3) is 0. The number of nitrogens with zero attached hydrogens (tertiary/aromatic N) is 3. The highest BCUT2D eigenvalue weighted by Gasteiger charge is 2.18. The number of benzene rings is 6. The van der Waals surface area contributed by atoms with Crippen molar-refractivity contribution in [1.29, 1.82) is 15.8 Å². The smallest absolute Gasteiger partial charge is 0.100 e. The van der Waals surface area contributed by atoms with Gasteiger partial charge in [-0.3, -0.25) is 0 Å². The van der Waals surface area contributed by atoms with Gasteiger partial charge in [-0.15, -0.1) is 22.7 Å². The summed E-state index contributed by atoms with van der Waals surface area (Å²) >= 11 is 3.54. The summed E-state index contributed by atoms with van der Waals surface area (Å²) in [6, 6.07) is 45.8. The van der Waals surface area contributed by atoms with Crippen LogP contribution in [0, 0.1) is 34.0 Å². The van der Waals surface area contributed by atoms with Crippen molar-refractivity contribution in [3.05, 3.63) is 132 Å². The van der Waals surface area contributed by atoms with Crippen LogP contribution >= 0.6 is 22.7 Å². The van der Waals surface area contributed by atoms with E-state index in [1.165, 1.54) is 35.0 Å². The fourth-order valence-electron chi connectivity index (χ4n) is 6.10. The Morgan fingerprint density at radius 3 is 1.45 bits per heavy atom. The molecule has 2 heterocycles. The van der Waals surface area contributed by atoms with Gasteiger partial charge in [0.2, 0.25) is 0 Å². The first-order valence-corrected chi connectivity index (χ1v) is 15.6. The molecule has 202 valence electrons. The molecule has 0 bridgehead atoms. The van der Waals surface area contributed by atoms with Crippen molar-refractivity contribution in [2.24, 2.45) is 0 Å². The molecule has 0 saturated heterocycles. The van der Waals surface area contributed by atoms with Gasteiger partial charge in [0.15, 0.2) is 0 Å². The molecule has 0 aliphatic rings. The third kappa shape index (κ3) is 4.14. The molecule has 0 unspecified atom stereocenters. The maximum Gasteiger partial charge on any atom is 0.100 e. The third-order valence-corrected chi connectivity index (χ3v) is 10.5. The zero-order valence-corrected chi connectivity index (χ0v) is 24.8. The average molecular weight is 594 g/mol. The van der Waals surface area contributed by atoms with E-state index in [2.05, 4.69) is 109 Å². The SMILES string of the molecule is N#Cc1cc(C#N)cc(-c2cc(-c3ccc4sc5ccccc5c4c3)cc(-c3ccc4sc5ccccc5c4c3)c2C#N)c1. The Hall–Kier alpha value is -5.77. The third-order valence-electron chi connectivity index (χ3n) is 8.15. The first-order chi connectivity index (χ1) is 21.6. The monoisotopic (exact) mass is 593 g/mol. The standard InChI is InChI=1S/C39H19N3S2/c40-20-23-13-24(21-41)15-28(14-23)32-19-27(25-9-11-38-33(16-25)29-5-1-3-7-36(29)43-38)18-31(35(32)22-42)26-10-12-39-34(17-26)30-6-2-4-8-37(30)44-39/h1-19H. The molecule has 0 amide bonds. The molecule has 3 nitrogen and oxygen atoms in total. The van der Waals surface area contributed by atoms with Gasteiger partial charge < -0.3 is 0 Å². The second kappa shape index (κ2) is 10.2. The molecule has 2 aromatic heterocycles. The lowest BCUT2D eigenvalue weighted by Gasteiger charge is -2.15. The summed E-state index contributed by atoms with van der Waals surface area (Å²) in [5.41, 5.74) is 6.39. The van der Waals surface area contributed by atoms with Crippen LogP contribution in [0.3, 0.4) is 0 Å². The zero-order valence-electron chi connectivity index (χ0n) is 23.1. The van der Waals surface area contributed by atoms with Crippen molar-refractivity contribution in [3.8, 4) is 51.6 Å². The zero-order chi connectivity index (χ0) is 29.8.